The molecule has 0 radical (unpaired) electrons. The molecule has 112 valence electrons. The van der Waals surface area contributed by atoms with Gasteiger partial charge in [0.05, 0.1) is 13.5 Å². The van der Waals surface area contributed by atoms with E-state index < -0.39 is 0 Å². The Labute approximate surface area is 122 Å². The van der Waals surface area contributed by atoms with Crippen molar-refractivity contribution in [3.63, 3.8) is 0 Å². The van der Waals surface area contributed by atoms with Gasteiger partial charge < -0.3 is 10.1 Å². The number of hydrogen-bond donors (Lipinski definition) is 1. The molecule has 20 heavy (non-hydrogen) atoms. The zero-order chi connectivity index (χ0) is 15.1. The van der Waals surface area contributed by atoms with Gasteiger partial charge >= 0.3 is 5.97 Å². The first-order valence-electron chi connectivity index (χ1n) is 7.34. The summed E-state index contributed by atoms with van der Waals surface area (Å²) in [6, 6.07) is 4.55. The van der Waals surface area contributed by atoms with Crippen molar-refractivity contribution in [2.75, 3.05) is 13.7 Å². The molecule has 0 aliphatic heterocycles. The number of ether oxygens (including phenoxy) is 1. The Bertz CT molecular complexity index is 431. The first-order chi connectivity index (χ1) is 9.47. The zero-order valence-corrected chi connectivity index (χ0v) is 13.4. The van der Waals surface area contributed by atoms with Crippen LogP contribution in [0.4, 0.5) is 0 Å². The highest BCUT2D eigenvalue weighted by Gasteiger charge is 2.16. The lowest BCUT2D eigenvalue weighted by molar-refractivity contribution is -0.141. The Morgan fingerprint density at radius 3 is 2.35 bits per heavy atom. The van der Waals surface area contributed by atoms with Crippen LogP contribution in [-0.2, 0) is 16.0 Å². The topological polar surface area (TPSA) is 38.3 Å². The molecule has 1 unspecified atom stereocenters. The molecule has 0 aromatic heterocycles. The van der Waals surface area contributed by atoms with E-state index >= 15 is 0 Å². The molecule has 0 saturated carbocycles. The summed E-state index contributed by atoms with van der Waals surface area (Å²) in [5.41, 5.74) is 5.23. The number of carbonyl (C=O) groups is 1. The SMILES string of the molecule is CCCNC(CC(=O)OC)Cc1c(C)cc(C)cc1C. The molecule has 0 spiro atoms. The summed E-state index contributed by atoms with van der Waals surface area (Å²) in [5, 5.41) is 3.45. The Morgan fingerprint density at radius 1 is 1.25 bits per heavy atom. The van der Waals surface area contributed by atoms with Crippen molar-refractivity contribution in [1.82, 2.24) is 5.32 Å². The van der Waals surface area contributed by atoms with E-state index in [1.165, 1.54) is 29.4 Å². The number of benzene rings is 1. The predicted octanol–water partition coefficient (Wildman–Crippen LogP) is 3.09. The number of aryl methyl sites for hydroxylation is 3. The van der Waals surface area contributed by atoms with E-state index in [2.05, 4.69) is 45.1 Å². The third kappa shape index (κ3) is 4.97. The van der Waals surface area contributed by atoms with Crippen molar-refractivity contribution in [3.05, 3.63) is 34.4 Å². The molecule has 0 bridgehead atoms. The molecule has 1 N–H and O–H groups in total. The first-order valence-corrected chi connectivity index (χ1v) is 7.34. The molecule has 0 amide bonds. The molecule has 1 rings (SSSR count). The summed E-state index contributed by atoms with van der Waals surface area (Å²) in [5.74, 6) is -0.152. The number of esters is 1. The van der Waals surface area contributed by atoms with E-state index in [-0.39, 0.29) is 12.0 Å². The summed E-state index contributed by atoms with van der Waals surface area (Å²) >= 11 is 0. The number of nitrogens with one attached hydrogen (secondary N) is 1. The van der Waals surface area contributed by atoms with Crippen molar-refractivity contribution in [2.24, 2.45) is 0 Å². The van der Waals surface area contributed by atoms with Crippen LogP contribution in [0.15, 0.2) is 12.1 Å². The molecule has 3 heteroatoms. The predicted molar refractivity (Wildman–Crippen MR) is 83.1 cm³/mol. The second-order valence-electron chi connectivity index (χ2n) is 5.51. The van der Waals surface area contributed by atoms with E-state index in [1.54, 1.807) is 0 Å². The van der Waals surface area contributed by atoms with Crippen molar-refractivity contribution < 1.29 is 9.53 Å². The van der Waals surface area contributed by atoms with Gasteiger partial charge in [-0.25, -0.2) is 0 Å². The van der Waals surface area contributed by atoms with E-state index in [0.717, 1.165) is 19.4 Å². The molecule has 1 aromatic rings. The summed E-state index contributed by atoms with van der Waals surface area (Å²) in [6.07, 6.45) is 2.35. The van der Waals surface area contributed by atoms with Gasteiger partial charge in [-0.15, -0.1) is 0 Å². The molecule has 0 heterocycles. The summed E-state index contributed by atoms with van der Waals surface area (Å²) in [4.78, 5) is 11.5. The van der Waals surface area contributed by atoms with Crippen LogP contribution in [0.1, 0.15) is 42.0 Å². The highest BCUT2D eigenvalue weighted by atomic mass is 16.5. The summed E-state index contributed by atoms with van der Waals surface area (Å²) in [7, 11) is 1.45. The van der Waals surface area contributed by atoms with Gasteiger partial charge in [-0.05, 0) is 56.8 Å². The average Bonchev–Trinajstić information content (AvgIpc) is 2.39. The smallest absolute Gasteiger partial charge is 0.307 e. The summed E-state index contributed by atoms with van der Waals surface area (Å²) < 4.78 is 4.80. The Balaban J connectivity index is 2.85. The van der Waals surface area contributed by atoms with Crippen LogP contribution < -0.4 is 5.32 Å². The van der Waals surface area contributed by atoms with Gasteiger partial charge in [0.25, 0.3) is 0 Å². The fourth-order valence-corrected chi connectivity index (χ4v) is 2.63. The zero-order valence-electron chi connectivity index (χ0n) is 13.4. The van der Waals surface area contributed by atoms with E-state index in [1.807, 2.05) is 0 Å². The minimum absolute atomic E-state index is 0.141. The molecule has 1 atom stereocenters. The normalized spacial score (nSPS) is 12.2. The second-order valence-corrected chi connectivity index (χ2v) is 5.51. The third-order valence-corrected chi connectivity index (χ3v) is 3.61. The van der Waals surface area contributed by atoms with Crippen LogP contribution in [0.5, 0.6) is 0 Å². The Kier molecular flexibility index (Phi) is 6.73. The quantitative estimate of drug-likeness (QED) is 0.778. The van der Waals surface area contributed by atoms with Crippen LogP contribution in [0, 0.1) is 20.8 Å². The van der Waals surface area contributed by atoms with Crippen molar-refractivity contribution in [2.45, 2.75) is 53.0 Å². The second kappa shape index (κ2) is 8.05. The molecule has 0 aliphatic rings. The largest absolute Gasteiger partial charge is 0.469 e. The molecule has 0 saturated heterocycles. The van der Waals surface area contributed by atoms with E-state index in [9.17, 15) is 4.79 Å². The molecule has 0 aliphatic carbocycles. The standard InChI is InChI=1S/C17H27NO2/c1-6-7-18-15(11-17(19)20-5)10-16-13(3)8-12(2)9-14(16)4/h8-9,15,18H,6-7,10-11H2,1-5H3. The van der Waals surface area contributed by atoms with Gasteiger partial charge in [0.1, 0.15) is 0 Å². The van der Waals surface area contributed by atoms with E-state index in [0.29, 0.717) is 6.42 Å². The highest BCUT2D eigenvalue weighted by Crippen LogP contribution is 2.19. The Hall–Kier alpha value is -1.35. The summed E-state index contributed by atoms with van der Waals surface area (Å²) in [6.45, 7) is 9.45. The molecule has 1 aromatic carbocycles. The Morgan fingerprint density at radius 2 is 1.85 bits per heavy atom. The molecule has 0 fully saturated rings. The average molecular weight is 277 g/mol. The van der Waals surface area contributed by atoms with Crippen molar-refractivity contribution in [3.8, 4) is 0 Å². The van der Waals surface area contributed by atoms with Crippen LogP contribution in [-0.4, -0.2) is 25.7 Å². The van der Waals surface area contributed by atoms with Crippen LogP contribution in [0.25, 0.3) is 0 Å². The maximum Gasteiger partial charge on any atom is 0.307 e. The minimum Gasteiger partial charge on any atom is -0.469 e. The third-order valence-electron chi connectivity index (χ3n) is 3.61. The lowest BCUT2D eigenvalue weighted by atomic mass is 9.93. The lowest BCUT2D eigenvalue weighted by Crippen LogP contribution is -2.34. The molecule has 3 nitrogen and oxygen atoms in total. The minimum atomic E-state index is -0.152. The number of carbonyl (C=O) groups excluding carboxylic acids is 1. The van der Waals surface area contributed by atoms with Gasteiger partial charge in [0.15, 0.2) is 0 Å². The van der Waals surface area contributed by atoms with Gasteiger partial charge in [-0.3, -0.25) is 4.79 Å². The maximum absolute atomic E-state index is 11.5. The molecular weight excluding hydrogens is 250 g/mol. The van der Waals surface area contributed by atoms with Gasteiger partial charge in [-0.1, -0.05) is 24.6 Å². The lowest BCUT2D eigenvalue weighted by Gasteiger charge is -2.20. The van der Waals surface area contributed by atoms with Crippen LogP contribution in [0.2, 0.25) is 0 Å². The number of methoxy groups -OCH3 is 1. The van der Waals surface area contributed by atoms with Gasteiger partial charge in [0.2, 0.25) is 0 Å². The van der Waals surface area contributed by atoms with Crippen LogP contribution >= 0.6 is 0 Å². The number of rotatable bonds is 7. The molecular formula is C17H27NO2. The maximum atomic E-state index is 11.5. The monoisotopic (exact) mass is 277 g/mol. The first kappa shape index (κ1) is 16.7. The van der Waals surface area contributed by atoms with Crippen molar-refractivity contribution in [1.29, 1.82) is 0 Å². The number of hydrogen-bond acceptors (Lipinski definition) is 3. The van der Waals surface area contributed by atoms with Crippen molar-refractivity contribution >= 4 is 5.97 Å². The van der Waals surface area contributed by atoms with Gasteiger partial charge in [0, 0.05) is 6.04 Å². The fraction of sp³-hybridized carbons (Fsp3) is 0.588. The highest BCUT2D eigenvalue weighted by molar-refractivity contribution is 5.70. The fourth-order valence-electron chi connectivity index (χ4n) is 2.63. The van der Waals surface area contributed by atoms with E-state index in [4.69, 9.17) is 4.74 Å². The van der Waals surface area contributed by atoms with Gasteiger partial charge in [-0.2, -0.15) is 0 Å². The van der Waals surface area contributed by atoms with Crippen LogP contribution in [0.3, 0.4) is 0 Å².